The van der Waals surface area contributed by atoms with Crippen LogP contribution >= 0.6 is 0 Å². The first-order valence-corrected chi connectivity index (χ1v) is 9.61. The van der Waals surface area contributed by atoms with Crippen molar-refractivity contribution in [3.63, 3.8) is 0 Å². The third kappa shape index (κ3) is 4.72. The highest BCUT2D eigenvalue weighted by atomic mass is 32.2. The van der Waals surface area contributed by atoms with E-state index in [2.05, 4.69) is 17.1 Å². The lowest BCUT2D eigenvalue weighted by molar-refractivity contribution is 0.134. The molecule has 2 rings (SSSR count). The Kier molecular flexibility index (Phi) is 5.66. The van der Waals surface area contributed by atoms with Crippen LogP contribution < -0.4 is 5.32 Å². The van der Waals surface area contributed by atoms with Gasteiger partial charge in [0.1, 0.15) is 0 Å². The van der Waals surface area contributed by atoms with E-state index in [4.69, 9.17) is 0 Å². The van der Waals surface area contributed by atoms with E-state index in [0.717, 1.165) is 19.0 Å². The Bertz CT molecular complexity index is 368. The number of hydrogen-bond donors (Lipinski definition) is 1. The molecule has 0 radical (unpaired) electrons. The van der Waals surface area contributed by atoms with Crippen LogP contribution in [-0.4, -0.2) is 56.5 Å². The molecule has 2 atom stereocenters. The zero-order chi connectivity index (χ0) is 13.7. The van der Waals surface area contributed by atoms with Crippen molar-refractivity contribution in [2.45, 2.75) is 57.5 Å². The van der Waals surface area contributed by atoms with Crippen LogP contribution in [0.2, 0.25) is 0 Å². The lowest BCUT2D eigenvalue weighted by Gasteiger charge is -2.37. The zero-order valence-electron chi connectivity index (χ0n) is 12.1. The van der Waals surface area contributed by atoms with Gasteiger partial charge in [0, 0.05) is 18.6 Å². The minimum absolute atomic E-state index is 0.169. The van der Waals surface area contributed by atoms with Gasteiger partial charge in [-0.25, -0.2) is 8.42 Å². The van der Waals surface area contributed by atoms with Crippen LogP contribution in [0.15, 0.2) is 0 Å². The van der Waals surface area contributed by atoms with Crippen LogP contribution in [-0.2, 0) is 9.84 Å². The molecule has 2 aliphatic heterocycles. The summed E-state index contributed by atoms with van der Waals surface area (Å²) in [5, 5.41) is 3.36. The van der Waals surface area contributed by atoms with E-state index >= 15 is 0 Å². The van der Waals surface area contributed by atoms with Crippen LogP contribution in [0.25, 0.3) is 0 Å². The number of nitrogens with one attached hydrogen (secondary N) is 1. The molecule has 0 amide bonds. The van der Waals surface area contributed by atoms with Crippen molar-refractivity contribution in [3.05, 3.63) is 0 Å². The molecule has 2 unspecified atom stereocenters. The molecule has 112 valence electrons. The predicted molar refractivity (Wildman–Crippen MR) is 79.2 cm³/mol. The molecule has 1 N–H and O–H groups in total. The van der Waals surface area contributed by atoms with Gasteiger partial charge in [0.25, 0.3) is 0 Å². The smallest absolute Gasteiger partial charge is 0.153 e. The molecule has 5 heteroatoms. The quantitative estimate of drug-likeness (QED) is 0.831. The maximum absolute atomic E-state index is 11.6. The molecule has 0 aromatic heterocycles. The monoisotopic (exact) mass is 288 g/mol. The Balaban J connectivity index is 1.80. The fourth-order valence-electron chi connectivity index (χ4n) is 3.39. The molecular formula is C14H28N2O2S. The molecule has 0 aromatic rings. The summed E-state index contributed by atoms with van der Waals surface area (Å²) < 4.78 is 23.3. The third-order valence-electron chi connectivity index (χ3n) is 4.44. The number of hydrogen-bond acceptors (Lipinski definition) is 4. The highest BCUT2D eigenvalue weighted by Gasteiger charge is 2.26. The minimum Gasteiger partial charge on any atom is -0.312 e. The summed E-state index contributed by atoms with van der Waals surface area (Å²) in [7, 11) is -2.79. The van der Waals surface area contributed by atoms with E-state index in [0.29, 0.717) is 18.1 Å². The average molecular weight is 288 g/mol. The minimum atomic E-state index is -2.79. The number of sulfone groups is 1. The van der Waals surface area contributed by atoms with Crippen molar-refractivity contribution in [3.8, 4) is 0 Å². The van der Waals surface area contributed by atoms with Crippen LogP contribution in [0.3, 0.4) is 0 Å². The summed E-state index contributed by atoms with van der Waals surface area (Å²) in [6.45, 7) is 5.13. The van der Waals surface area contributed by atoms with E-state index in [1.165, 1.54) is 38.6 Å². The molecule has 0 aliphatic carbocycles. The maximum atomic E-state index is 11.6. The first-order valence-electron chi connectivity index (χ1n) is 7.78. The summed E-state index contributed by atoms with van der Waals surface area (Å²) in [6.07, 6.45) is 7.49. The third-order valence-corrected chi connectivity index (χ3v) is 6.17. The van der Waals surface area contributed by atoms with Crippen LogP contribution in [0.5, 0.6) is 0 Å². The molecular weight excluding hydrogens is 260 g/mol. The molecule has 2 saturated heterocycles. The van der Waals surface area contributed by atoms with Crippen LogP contribution in [0.1, 0.15) is 45.4 Å². The SMILES string of the molecule is CCCC1CCCCN1CCC1CS(=O)(=O)CCN1. The van der Waals surface area contributed by atoms with E-state index < -0.39 is 9.84 Å². The largest absolute Gasteiger partial charge is 0.312 e. The van der Waals surface area contributed by atoms with Crippen molar-refractivity contribution >= 4 is 9.84 Å². The fraction of sp³-hybridized carbons (Fsp3) is 1.00. The number of likely N-dealkylation sites (tertiary alicyclic amines) is 1. The molecule has 4 nitrogen and oxygen atoms in total. The summed E-state index contributed by atoms with van der Waals surface area (Å²) >= 11 is 0. The zero-order valence-corrected chi connectivity index (χ0v) is 12.9. The predicted octanol–water partition coefficient (Wildman–Crippen LogP) is 1.42. The average Bonchev–Trinajstić information content (AvgIpc) is 2.37. The van der Waals surface area contributed by atoms with Gasteiger partial charge in [-0.15, -0.1) is 0 Å². The lowest BCUT2D eigenvalue weighted by Crippen LogP contribution is -2.48. The lowest BCUT2D eigenvalue weighted by atomic mass is 9.97. The van der Waals surface area contributed by atoms with Crippen molar-refractivity contribution < 1.29 is 8.42 Å². The first kappa shape index (κ1) is 15.3. The number of nitrogens with zero attached hydrogens (tertiary/aromatic N) is 1. The van der Waals surface area contributed by atoms with Gasteiger partial charge in [0.05, 0.1) is 11.5 Å². The summed E-state index contributed by atoms with van der Waals surface area (Å²) in [5.74, 6) is 0.644. The van der Waals surface area contributed by atoms with Gasteiger partial charge in [0.2, 0.25) is 0 Å². The second-order valence-corrected chi connectivity index (χ2v) is 8.26. The molecule has 0 saturated carbocycles. The van der Waals surface area contributed by atoms with Gasteiger partial charge in [-0.05, 0) is 38.8 Å². The molecule has 2 aliphatic rings. The van der Waals surface area contributed by atoms with Crippen LogP contribution in [0, 0.1) is 0 Å². The Labute approximate surface area is 117 Å². The molecule has 0 bridgehead atoms. The Morgan fingerprint density at radius 3 is 2.84 bits per heavy atom. The molecule has 0 aromatic carbocycles. The van der Waals surface area contributed by atoms with Gasteiger partial charge in [-0.2, -0.15) is 0 Å². The van der Waals surface area contributed by atoms with Gasteiger partial charge in [0.15, 0.2) is 9.84 Å². The Hall–Kier alpha value is -0.130. The molecule has 2 fully saturated rings. The summed E-state index contributed by atoms with van der Waals surface area (Å²) in [6, 6.07) is 0.905. The van der Waals surface area contributed by atoms with E-state index in [-0.39, 0.29) is 6.04 Å². The summed E-state index contributed by atoms with van der Waals surface area (Å²) in [4.78, 5) is 2.59. The second-order valence-electron chi connectivity index (χ2n) is 6.03. The van der Waals surface area contributed by atoms with Gasteiger partial charge < -0.3 is 10.2 Å². The van der Waals surface area contributed by atoms with Gasteiger partial charge in [-0.1, -0.05) is 19.8 Å². The highest BCUT2D eigenvalue weighted by molar-refractivity contribution is 7.91. The van der Waals surface area contributed by atoms with E-state index in [1.807, 2.05) is 0 Å². The van der Waals surface area contributed by atoms with Crippen molar-refractivity contribution in [2.24, 2.45) is 0 Å². The van der Waals surface area contributed by atoms with Gasteiger partial charge in [-0.3, -0.25) is 0 Å². The second kappa shape index (κ2) is 7.04. The fourth-order valence-corrected chi connectivity index (χ4v) is 4.88. The summed E-state index contributed by atoms with van der Waals surface area (Å²) in [5.41, 5.74) is 0. The normalized spacial score (nSPS) is 32.3. The van der Waals surface area contributed by atoms with E-state index in [9.17, 15) is 8.42 Å². The van der Waals surface area contributed by atoms with Crippen LogP contribution in [0.4, 0.5) is 0 Å². The number of rotatable bonds is 5. The van der Waals surface area contributed by atoms with Crippen molar-refractivity contribution in [1.29, 1.82) is 0 Å². The Morgan fingerprint density at radius 2 is 2.11 bits per heavy atom. The topological polar surface area (TPSA) is 49.4 Å². The molecule has 19 heavy (non-hydrogen) atoms. The first-order chi connectivity index (χ1) is 9.11. The Morgan fingerprint density at radius 1 is 1.26 bits per heavy atom. The highest BCUT2D eigenvalue weighted by Crippen LogP contribution is 2.21. The molecule has 0 spiro atoms. The number of piperidine rings is 1. The van der Waals surface area contributed by atoms with Crippen molar-refractivity contribution in [2.75, 3.05) is 31.1 Å². The van der Waals surface area contributed by atoms with Gasteiger partial charge >= 0.3 is 0 Å². The van der Waals surface area contributed by atoms with E-state index in [1.54, 1.807) is 0 Å². The maximum Gasteiger partial charge on any atom is 0.153 e. The standard InChI is InChI=1S/C14H28N2O2S/c1-2-5-14-6-3-4-9-16(14)10-7-13-12-19(17,18)11-8-15-13/h13-15H,2-12H2,1H3. The molecule has 2 heterocycles. The van der Waals surface area contributed by atoms with Crippen molar-refractivity contribution in [1.82, 2.24) is 10.2 Å².